The summed E-state index contributed by atoms with van der Waals surface area (Å²) in [7, 11) is 0. The molecule has 2 rings (SSSR count). The van der Waals surface area contributed by atoms with E-state index in [4.69, 9.17) is 14.6 Å². The van der Waals surface area contributed by atoms with E-state index >= 15 is 0 Å². The predicted octanol–water partition coefficient (Wildman–Crippen LogP) is 2.77. The number of carboxylic acids is 1. The molecule has 0 aromatic carbocycles. The molecule has 2 heterocycles. The number of morpholine rings is 1. The number of carboxylic acid groups (broad SMARTS) is 1. The minimum Gasteiger partial charge on any atom is -0.481 e. The maximum Gasteiger partial charge on any atom is 0.305 e. The number of rotatable bonds is 11. The van der Waals surface area contributed by atoms with Crippen LogP contribution < -0.4 is 5.32 Å². The molecule has 0 aromatic heterocycles. The van der Waals surface area contributed by atoms with Gasteiger partial charge in [-0.1, -0.05) is 30.4 Å². The van der Waals surface area contributed by atoms with Crippen LogP contribution in [0.3, 0.4) is 0 Å². The second kappa shape index (κ2) is 12.2. The molecule has 0 unspecified atom stereocenters. The van der Waals surface area contributed by atoms with Crippen LogP contribution in [-0.4, -0.2) is 74.1 Å². The van der Waals surface area contributed by atoms with Gasteiger partial charge < -0.3 is 24.8 Å². The summed E-state index contributed by atoms with van der Waals surface area (Å²) in [6.07, 6.45) is 10.2. The first-order chi connectivity index (χ1) is 13.6. The van der Waals surface area contributed by atoms with Crippen LogP contribution in [0.2, 0.25) is 0 Å². The normalized spacial score (nSPS) is 21.0. The first kappa shape index (κ1) is 22.8. The lowest BCUT2D eigenvalue weighted by Gasteiger charge is -2.44. The molecule has 0 bridgehead atoms. The number of ether oxygens (including phenoxy) is 2. The van der Waals surface area contributed by atoms with E-state index in [0.29, 0.717) is 6.61 Å². The smallest absolute Gasteiger partial charge is 0.305 e. The molecule has 0 aliphatic carbocycles. The SMILES string of the molecule is C=C/C(=C\C(=C/C)CCN1CCC2(CC1)CNCCO2)CCOCCC(=O)O. The Balaban J connectivity index is 1.71. The second-order valence-corrected chi connectivity index (χ2v) is 7.59. The van der Waals surface area contributed by atoms with Crippen molar-refractivity contribution < 1.29 is 19.4 Å². The average Bonchev–Trinajstić information content (AvgIpc) is 2.71. The Kier molecular flexibility index (Phi) is 9.92. The van der Waals surface area contributed by atoms with Crippen molar-refractivity contribution in [3.05, 3.63) is 36.0 Å². The first-order valence-corrected chi connectivity index (χ1v) is 10.4. The van der Waals surface area contributed by atoms with Gasteiger partial charge in [0.05, 0.1) is 31.8 Å². The molecule has 2 N–H and O–H groups in total. The summed E-state index contributed by atoms with van der Waals surface area (Å²) in [6.45, 7) is 12.8. The van der Waals surface area contributed by atoms with Gasteiger partial charge in [0.2, 0.25) is 0 Å². The van der Waals surface area contributed by atoms with Crippen LogP contribution in [0.1, 0.15) is 39.0 Å². The van der Waals surface area contributed by atoms with E-state index in [1.54, 1.807) is 0 Å². The van der Waals surface area contributed by atoms with E-state index in [0.717, 1.165) is 70.6 Å². The summed E-state index contributed by atoms with van der Waals surface area (Å²) >= 11 is 0. The van der Waals surface area contributed by atoms with Crippen molar-refractivity contribution in [2.24, 2.45) is 0 Å². The van der Waals surface area contributed by atoms with E-state index < -0.39 is 5.97 Å². The number of aliphatic carboxylic acids is 1. The minimum absolute atomic E-state index is 0.0471. The third-order valence-electron chi connectivity index (χ3n) is 5.62. The number of allylic oxidation sites excluding steroid dienone is 3. The first-order valence-electron chi connectivity index (χ1n) is 10.4. The molecule has 6 heteroatoms. The van der Waals surface area contributed by atoms with Gasteiger partial charge in [0, 0.05) is 32.7 Å². The maximum absolute atomic E-state index is 10.5. The van der Waals surface area contributed by atoms with Crippen LogP contribution >= 0.6 is 0 Å². The molecular weight excluding hydrogens is 356 g/mol. The highest BCUT2D eigenvalue weighted by Crippen LogP contribution is 2.27. The maximum atomic E-state index is 10.5. The zero-order valence-corrected chi connectivity index (χ0v) is 17.3. The summed E-state index contributed by atoms with van der Waals surface area (Å²) < 4.78 is 11.5. The highest BCUT2D eigenvalue weighted by molar-refractivity contribution is 5.66. The van der Waals surface area contributed by atoms with Crippen molar-refractivity contribution in [2.45, 2.75) is 44.6 Å². The van der Waals surface area contributed by atoms with Crippen LogP contribution in [0, 0.1) is 0 Å². The van der Waals surface area contributed by atoms with Crippen LogP contribution in [-0.2, 0) is 14.3 Å². The Morgan fingerprint density at radius 2 is 2.00 bits per heavy atom. The quantitative estimate of drug-likeness (QED) is 0.416. The highest BCUT2D eigenvalue weighted by atomic mass is 16.5. The number of carbonyl (C=O) groups is 1. The lowest BCUT2D eigenvalue weighted by atomic mass is 9.90. The number of hydrogen-bond acceptors (Lipinski definition) is 5. The molecule has 2 fully saturated rings. The zero-order chi connectivity index (χ0) is 20.2. The summed E-state index contributed by atoms with van der Waals surface area (Å²) in [5.74, 6) is -0.828. The largest absolute Gasteiger partial charge is 0.481 e. The van der Waals surface area contributed by atoms with Crippen molar-refractivity contribution in [3.8, 4) is 0 Å². The van der Waals surface area contributed by atoms with Crippen LogP contribution in [0.15, 0.2) is 36.0 Å². The number of likely N-dealkylation sites (tertiary alicyclic amines) is 1. The topological polar surface area (TPSA) is 71.0 Å². The average molecular weight is 393 g/mol. The molecule has 0 aromatic rings. The molecule has 0 amide bonds. The minimum atomic E-state index is -0.828. The van der Waals surface area contributed by atoms with Gasteiger partial charge in [-0.2, -0.15) is 0 Å². The van der Waals surface area contributed by atoms with Gasteiger partial charge in [-0.25, -0.2) is 0 Å². The van der Waals surface area contributed by atoms with E-state index in [2.05, 4.69) is 35.9 Å². The molecule has 28 heavy (non-hydrogen) atoms. The van der Waals surface area contributed by atoms with Gasteiger partial charge in [-0.05, 0) is 38.2 Å². The van der Waals surface area contributed by atoms with Crippen LogP contribution in [0.4, 0.5) is 0 Å². The zero-order valence-electron chi connectivity index (χ0n) is 17.3. The van der Waals surface area contributed by atoms with Gasteiger partial charge in [0.25, 0.3) is 0 Å². The number of hydrogen-bond donors (Lipinski definition) is 2. The molecule has 6 nitrogen and oxygen atoms in total. The Bertz CT molecular complexity index is 555. The molecule has 1 spiro atoms. The van der Waals surface area contributed by atoms with Crippen LogP contribution in [0.25, 0.3) is 0 Å². The molecule has 0 saturated carbocycles. The fraction of sp³-hybridized carbons (Fsp3) is 0.682. The number of piperidine rings is 1. The Morgan fingerprint density at radius 1 is 1.25 bits per heavy atom. The Hall–Kier alpha value is -1.47. The van der Waals surface area contributed by atoms with Crippen molar-refractivity contribution >= 4 is 5.97 Å². The van der Waals surface area contributed by atoms with Gasteiger partial charge in [0.1, 0.15) is 0 Å². The van der Waals surface area contributed by atoms with Crippen molar-refractivity contribution in [1.29, 1.82) is 0 Å². The monoisotopic (exact) mass is 392 g/mol. The molecule has 2 aliphatic rings. The lowest BCUT2D eigenvalue weighted by Crippen LogP contribution is -2.55. The van der Waals surface area contributed by atoms with Gasteiger partial charge in [0.15, 0.2) is 0 Å². The molecular formula is C22H36N2O4. The fourth-order valence-corrected chi connectivity index (χ4v) is 3.72. The van der Waals surface area contributed by atoms with Gasteiger partial charge >= 0.3 is 5.97 Å². The summed E-state index contributed by atoms with van der Waals surface area (Å²) in [5.41, 5.74) is 2.49. The summed E-state index contributed by atoms with van der Waals surface area (Å²) in [6, 6.07) is 0. The summed E-state index contributed by atoms with van der Waals surface area (Å²) in [4.78, 5) is 13.0. The van der Waals surface area contributed by atoms with Crippen molar-refractivity contribution in [2.75, 3.05) is 52.5 Å². The van der Waals surface area contributed by atoms with E-state index in [9.17, 15) is 4.79 Å². The van der Waals surface area contributed by atoms with E-state index in [1.165, 1.54) is 5.57 Å². The third-order valence-corrected chi connectivity index (χ3v) is 5.62. The molecule has 0 radical (unpaired) electrons. The number of nitrogens with zero attached hydrogens (tertiary/aromatic N) is 1. The lowest BCUT2D eigenvalue weighted by molar-refractivity contribution is -0.138. The van der Waals surface area contributed by atoms with Crippen LogP contribution in [0.5, 0.6) is 0 Å². The van der Waals surface area contributed by atoms with E-state index in [1.807, 2.05) is 6.08 Å². The molecule has 2 saturated heterocycles. The fourth-order valence-electron chi connectivity index (χ4n) is 3.72. The van der Waals surface area contributed by atoms with Crippen molar-refractivity contribution in [3.63, 3.8) is 0 Å². The highest BCUT2D eigenvalue weighted by Gasteiger charge is 2.36. The van der Waals surface area contributed by atoms with Gasteiger partial charge in [-0.3, -0.25) is 4.79 Å². The summed E-state index contributed by atoms with van der Waals surface area (Å²) in [5, 5.41) is 12.1. The standard InChI is InChI=1S/C22H36N2O4/c1-3-19(17-20(4-2)6-14-27-15-7-21(25)26)5-11-24-12-8-22(9-13-24)18-23-10-16-28-22/h3-4,17,23H,2,5-16,18H2,1H3,(H,25,26)/b19-3-,20-17+. The second-order valence-electron chi connectivity index (χ2n) is 7.59. The third kappa shape index (κ3) is 7.87. The van der Waals surface area contributed by atoms with Gasteiger partial charge in [-0.15, -0.1) is 0 Å². The molecule has 158 valence electrons. The molecule has 2 aliphatic heterocycles. The Labute approximate surface area is 169 Å². The Morgan fingerprint density at radius 3 is 2.61 bits per heavy atom. The van der Waals surface area contributed by atoms with Crippen molar-refractivity contribution in [1.82, 2.24) is 10.2 Å². The molecule has 0 atom stereocenters. The number of nitrogens with one attached hydrogen (secondary N) is 1. The predicted molar refractivity (Wildman–Crippen MR) is 112 cm³/mol. The van der Waals surface area contributed by atoms with E-state index in [-0.39, 0.29) is 18.6 Å².